The first kappa shape index (κ1) is 29.6. The van der Waals surface area contributed by atoms with Gasteiger partial charge in [0.2, 0.25) is 0 Å². The van der Waals surface area contributed by atoms with Gasteiger partial charge in [0.05, 0.1) is 11.6 Å². The zero-order chi connectivity index (χ0) is 29.0. The third-order valence-corrected chi connectivity index (χ3v) is 6.96. The fraction of sp³-hybridized carbons (Fsp3) is 0.333. The van der Waals surface area contributed by atoms with Crippen molar-refractivity contribution in [2.45, 2.75) is 64.5 Å². The van der Waals surface area contributed by atoms with Crippen molar-refractivity contribution >= 4 is 23.0 Å². The number of carbonyl (C=O) groups excluding carboxylic acids is 1. The van der Waals surface area contributed by atoms with Crippen LogP contribution < -0.4 is 14.8 Å². The van der Waals surface area contributed by atoms with Crippen LogP contribution in [0.1, 0.15) is 61.4 Å². The lowest BCUT2D eigenvalue weighted by molar-refractivity contribution is 0.0697. The molecule has 0 saturated heterocycles. The summed E-state index contributed by atoms with van der Waals surface area (Å²) < 4.78 is 26.8. The molecule has 0 aliphatic carbocycles. The number of carboxylic acids is 1. The number of rotatable bonds is 15. The number of aryl methyl sites for hydroxylation is 1. The highest BCUT2D eigenvalue weighted by Gasteiger charge is 2.18. The number of carboxylic acid groups (broad SMARTS) is 1. The SMILES string of the molecule is CCCCCCCCc1ccc(OCC(Cn2ccc3cc(C(=O)O)ccc32)NC(=O)Oc2cccc(F)c2)cc1. The van der Waals surface area contributed by atoms with Gasteiger partial charge in [-0.2, -0.15) is 0 Å². The van der Waals surface area contributed by atoms with Gasteiger partial charge in [-0.05, 0) is 66.9 Å². The number of amides is 1. The highest BCUT2D eigenvalue weighted by Crippen LogP contribution is 2.20. The van der Waals surface area contributed by atoms with Gasteiger partial charge in [-0.1, -0.05) is 57.2 Å². The predicted molar refractivity (Wildman–Crippen MR) is 157 cm³/mol. The van der Waals surface area contributed by atoms with Crippen molar-refractivity contribution in [1.82, 2.24) is 9.88 Å². The van der Waals surface area contributed by atoms with E-state index in [1.54, 1.807) is 18.2 Å². The lowest BCUT2D eigenvalue weighted by Crippen LogP contribution is -2.43. The van der Waals surface area contributed by atoms with Gasteiger partial charge in [0.25, 0.3) is 0 Å². The number of carbonyl (C=O) groups is 2. The molecule has 0 fully saturated rings. The molecule has 0 spiro atoms. The molecule has 7 nitrogen and oxygen atoms in total. The molecule has 4 aromatic rings. The maximum Gasteiger partial charge on any atom is 0.413 e. The van der Waals surface area contributed by atoms with Crippen LogP contribution in [0.4, 0.5) is 9.18 Å². The summed E-state index contributed by atoms with van der Waals surface area (Å²) in [5.41, 5.74) is 2.28. The van der Waals surface area contributed by atoms with E-state index in [0.717, 1.165) is 23.4 Å². The van der Waals surface area contributed by atoms with Gasteiger partial charge in [0.1, 0.15) is 23.9 Å². The first-order valence-corrected chi connectivity index (χ1v) is 14.2. The Hall–Kier alpha value is -4.33. The number of nitrogens with one attached hydrogen (secondary N) is 1. The van der Waals surface area contributed by atoms with Crippen molar-refractivity contribution in [2.75, 3.05) is 6.61 Å². The second-order valence-corrected chi connectivity index (χ2v) is 10.2. The Labute approximate surface area is 239 Å². The van der Waals surface area contributed by atoms with Crippen molar-refractivity contribution in [1.29, 1.82) is 0 Å². The van der Waals surface area contributed by atoms with Gasteiger partial charge in [0.15, 0.2) is 0 Å². The summed E-state index contributed by atoms with van der Waals surface area (Å²) in [6, 6.07) is 19.6. The number of hydrogen-bond acceptors (Lipinski definition) is 4. The average molecular weight is 561 g/mol. The molecule has 1 unspecified atom stereocenters. The lowest BCUT2D eigenvalue weighted by atomic mass is 10.0. The molecule has 0 aliphatic rings. The first-order chi connectivity index (χ1) is 19.9. The number of unbranched alkanes of at least 4 members (excludes halogenated alkanes) is 5. The van der Waals surface area contributed by atoms with E-state index in [2.05, 4.69) is 24.4 Å². The van der Waals surface area contributed by atoms with E-state index in [9.17, 15) is 19.1 Å². The highest BCUT2D eigenvalue weighted by atomic mass is 19.1. The van der Waals surface area contributed by atoms with E-state index in [-0.39, 0.29) is 17.9 Å². The van der Waals surface area contributed by atoms with Gasteiger partial charge in [-0.15, -0.1) is 0 Å². The Morgan fingerprint density at radius 3 is 2.46 bits per heavy atom. The molecular formula is C33H37FN2O5. The molecule has 41 heavy (non-hydrogen) atoms. The van der Waals surface area contributed by atoms with Crippen LogP contribution >= 0.6 is 0 Å². The number of benzene rings is 3. The Morgan fingerprint density at radius 1 is 0.927 bits per heavy atom. The van der Waals surface area contributed by atoms with Crippen molar-refractivity contribution in [3.05, 3.63) is 95.9 Å². The molecule has 1 atom stereocenters. The van der Waals surface area contributed by atoms with Crippen molar-refractivity contribution < 1.29 is 28.6 Å². The number of fused-ring (bicyclic) bond motifs is 1. The zero-order valence-corrected chi connectivity index (χ0v) is 23.4. The van der Waals surface area contributed by atoms with Crippen LogP contribution in [0.3, 0.4) is 0 Å². The summed E-state index contributed by atoms with van der Waals surface area (Å²) in [5.74, 6) is -0.721. The molecule has 4 rings (SSSR count). The van der Waals surface area contributed by atoms with Crippen LogP contribution in [0.15, 0.2) is 79.0 Å². The van der Waals surface area contributed by atoms with Crippen LogP contribution in [0, 0.1) is 5.82 Å². The van der Waals surface area contributed by atoms with Crippen LogP contribution in [-0.2, 0) is 13.0 Å². The minimum atomic E-state index is -0.995. The smallest absolute Gasteiger partial charge is 0.413 e. The molecular weight excluding hydrogens is 523 g/mol. The van der Waals surface area contributed by atoms with Gasteiger partial charge in [0, 0.05) is 29.7 Å². The van der Waals surface area contributed by atoms with E-state index in [4.69, 9.17) is 9.47 Å². The standard InChI is InChI=1S/C33H37FN2O5/c1-2-3-4-5-6-7-9-24-12-15-29(16-13-24)40-23-28(35-33(39)41-30-11-8-10-27(34)21-30)22-36-19-18-25-20-26(32(37)38)14-17-31(25)36/h8,10-21,28H,2-7,9,22-23H2,1H3,(H,35,39)(H,37,38). The van der Waals surface area contributed by atoms with Crippen LogP contribution in [0.25, 0.3) is 10.9 Å². The number of aromatic carboxylic acids is 1. The second kappa shape index (κ2) is 14.9. The molecule has 216 valence electrons. The summed E-state index contributed by atoms with van der Waals surface area (Å²) >= 11 is 0. The van der Waals surface area contributed by atoms with Crippen LogP contribution in [0.5, 0.6) is 11.5 Å². The van der Waals surface area contributed by atoms with Crippen LogP contribution in [-0.4, -0.2) is 34.4 Å². The van der Waals surface area contributed by atoms with E-state index >= 15 is 0 Å². The molecule has 0 aliphatic heterocycles. The minimum Gasteiger partial charge on any atom is -0.491 e. The first-order valence-electron chi connectivity index (χ1n) is 14.2. The van der Waals surface area contributed by atoms with E-state index in [1.807, 2.05) is 29.0 Å². The Morgan fingerprint density at radius 2 is 1.71 bits per heavy atom. The average Bonchev–Trinajstić information content (AvgIpc) is 3.36. The van der Waals surface area contributed by atoms with Gasteiger partial charge >= 0.3 is 12.1 Å². The number of aromatic nitrogens is 1. The number of halogens is 1. The number of ether oxygens (including phenoxy) is 2. The summed E-state index contributed by atoms with van der Waals surface area (Å²) in [5, 5.41) is 12.9. The van der Waals surface area contributed by atoms with E-state index in [0.29, 0.717) is 12.3 Å². The van der Waals surface area contributed by atoms with Gasteiger partial charge in [-0.3, -0.25) is 0 Å². The molecule has 0 bridgehead atoms. The maximum absolute atomic E-state index is 13.6. The predicted octanol–water partition coefficient (Wildman–Crippen LogP) is 7.62. The molecule has 1 heterocycles. The number of nitrogens with zero attached hydrogens (tertiary/aromatic N) is 1. The molecule has 0 saturated carbocycles. The van der Waals surface area contributed by atoms with Crippen molar-refractivity contribution in [2.24, 2.45) is 0 Å². The quantitative estimate of drug-likeness (QED) is 0.146. The fourth-order valence-electron chi connectivity index (χ4n) is 4.76. The Bertz CT molecular complexity index is 1430. The summed E-state index contributed by atoms with van der Waals surface area (Å²) in [6.45, 7) is 2.72. The van der Waals surface area contributed by atoms with Crippen molar-refractivity contribution in [3.63, 3.8) is 0 Å². The van der Waals surface area contributed by atoms with E-state index in [1.165, 1.54) is 62.3 Å². The maximum atomic E-state index is 13.6. The molecule has 0 radical (unpaired) electrons. The van der Waals surface area contributed by atoms with Crippen LogP contribution in [0.2, 0.25) is 0 Å². The fourth-order valence-corrected chi connectivity index (χ4v) is 4.76. The third kappa shape index (κ3) is 9.10. The topological polar surface area (TPSA) is 89.8 Å². The molecule has 3 aromatic carbocycles. The van der Waals surface area contributed by atoms with Gasteiger partial charge < -0.3 is 24.5 Å². The minimum absolute atomic E-state index is 0.0933. The second-order valence-electron chi connectivity index (χ2n) is 10.2. The third-order valence-electron chi connectivity index (χ3n) is 6.96. The van der Waals surface area contributed by atoms with E-state index < -0.39 is 23.9 Å². The monoisotopic (exact) mass is 560 g/mol. The van der Waals surface area contributed by atoms with Crippen molar-refractivity contribution in [3.8, 4) is 11.5 Å². The summed E-state index contributed by atoms with van der Waals surface area (Å²) in [7, 11) is 0. The largest absolute Gasteiger partial charge is 0.491 e. The summed E-state index contributed by atoms with van der Waals surface area (Å²) in [6.07, 6.45) is 9.68. The Balaban J connectivity index is 1.40. The highest BCUT2D eigenvalue weighted by molar-refractivity contribution is 5.93. The lowest BCUT2D eigenvalue weighted by Gasteiger charge is -2.20. The van der Waals surface area contributed by atoms with Gasteiger partial charge in [-0.25, -0.2) is 14.0 Å². The number of hydrogen-bond donors (Lipinski definition) is 2. The normalized spacial score (nSPS) is 11.8. The molecule has 2 N–H and O–H groups in total. The zero-order valence-electron chi connectivity index (χ0n) is 23.4. The molecule has 8 heteroatoms. The molecule has 1 amide bonds. The summed E-state index contributed by atoms with van der Waals surface area (Å²) in [4.78, 5) is 24.1. The Kier molecular flexibility index (Phi) is 10.8. The molecule has 1 aromatic heterocycles.